The molecule has 2 atom stereocenters. The molecule has 0 aliphatic rings. The molecule has 0 aromatic carbocycles. The average Bonchev–Trinajstić information content (AvgIpc) is 2.12. The predicted molar refractivity (Wildman–Crippen MR) is 64.3 cm³/mol. The highest BCUT2D eigenvalue weighted by Crippen LogP contribution is 2.11. The summed E-state index contributed by atoms with van der Waals surface area (Å²) in [4.78, 5) is 11.3. The fourth-order valence-corrected chi connectivity index (χ4v) is 1.42. The van der Waals surface area contributed by atoms with E-state index in [1.807, 2.05) is 34.6 Å². The Morgan fingerprint density at radius 3 is 2.31 bits per heavy atom. The van der Waals surface area contributed by atoms with Gasteiger partial charge in [-0.3, -0.25) is 0 Å². The monoisotopic (exact) mass is 231 g/mol. The highest BCUT2D eigenvalue weighted by Gasteiger charge is 2.16. The molecule has 1 unspecified atom stereocenters. The first kappa shape index (κ1) is 15.2. The van der Waals surface area contributed by atoms with Crippen molar-refractivity contribution in [2.24, 2.45) is 11.8 Å². The van der Waals surface area contributed by atoms with Crippen LogP contribution in [-0.4, -0.2) is 30.0 Å². The molecule has 0 aromatic heterocycles. The lowest BCUT2D eigenvalue weighted by Gasteiger charge is -2.21. The largest absolute Gasteiger partial charge is 0.444 e. The maximum atomic E-state index is 11.3. The van der Waals surface area contributed by atoms with Gasteiger partial charge in [-0.25, -0.2) is 4.79 Å². The molecule has 1 amide bonds. The van der Waals surface area contributed by atoms with E-state index in [2.05, 4.69) is 5.32 Å². The van der Waals surface area contributed by atoms with E-state index in [0.717, 1.165) is 6.42 Å². The first-order chi connectivity index (χ1) is 7.24. The number of aliphatic hydroxyl groups excluding tert-OH is 1. The molecule has 0 radical (unpaired) electrons. The molecule has 2 N–H and O–H groups in total. The van der Waals surface area contributed by atoms with Crippen LogP contribution in [0.15, 0.2) is 0 Å². The van der Waals surface area contributed by atoms with Crippen molar-refractivity contribution in [1.29, 1.82) is 0 Å². The zero-order valence-corrected chi connectivity index (χ0v) is 11.0. The minimum Gasteiger partial charge on any atom is -0.444 e. The third-order valence-corrected chi connectivity index (χ3v) is 2.11. The van der Waals surface area contributed by atoms with Gasteiger partial charge in [0.2, 0.25) is 0 Å². The van der Waals surface area contributed by atoms with Gasteiger partial charge in [-0.05, 0) is 39.0 Å². The SMILES string of the molecule is CC(CO)C[C@H](C)CNC(=O)OC(C)(C)C. The summed E-state index contributed by atoms with van der Waals surface area (Å²) in [6.07, 6.45) is 0.516. The fourth-order valence-electron chi connectivity index (χ4n) is 1.42. The number of alkyl carbamates (subject to hydrolysis) is 1. The lowest BCUT2D eigenvalue weighted by molar-refractivity contribution is 0.0517. The lowest BCUT2D eigenvalue weighted by atomic mass is 9.98. The van der Waals surface area contributed by atoms with Crippen molar-refractivity contribution in [2.75, 3.05) is 13.2 Å². The summed E-state index contributed by atoms with van der Waals surface area (Å²) in [5.74, 6) is 0.616. The van der Waals surface area contributed by atoms with Crippen LogP contribution in [0.25, 0.3) is 0 Å². The van der Waals surface area contributed by atoms with Crippen LogP contribution in [0.4, 0.5) is 4.79 Å². The van der Waals surface area contributed by atoms with Gasteiger partial charge >= 0.3 is 6.09 Å². The summed E-state index contributed by atoms with van der Waals surface area (Å²) in [7, 11) is 0. The third-order valence-electron chi connectivity index (χ3n) is 2.11. The number of nitrogens with one attached hydrogen (secondary N) is 1. The summed E-state index contributed by atoms with van der Waals surface area (Å²) in [5.41, 5.74) is -0.453. The highest BCUT2D eigenvalue weighted by molar-refractivity contribution is 5.67. The molecule has 4 heteroatoms. The molecule has 96 valence electrons. The molecule has 0 heterocycles. The number of aliphatic hydroxyl groups is 1. The molecular weight excluding hydrogens is 206 g/mol. The van der Waals surface area contributed by atoms with Crippen molar-refractivity contribution < 1.29 is 14.6 Å². The van der Waals surface area contributed by atoms with Crippen molar-refractivity contribution in [3.63, 3.8) is 0 Å². The van der Waals surface area contributed by atoms with E-state index in [-0.39, 0.29) is 18.6 Å². The van der Waals surface area contributed by atoms with Crippen LogP contribution in [0.5, 0.6) is 0 Å². The zero-order valence-electron chi connectivity index (χ0n) is 11.0. The molecule has 0 aliphatic carbocycles. The van der Waals surface area contributed by atoms with Gasteiger partial charge in [-0.1, -0.05) is 13.8 Å². The lowest BCUT2D eigenvalue weighted by Crippen LogP contribution is -2.35. The number of ether oxygens (including phenoxy) is 1. The first-order valence-electron chi connectivity index (χ1n) is 5.82. The smallest absolute Gasteiger partial charge is 0.407 e. The molecule has 4 nitrogen and oxygen atoms in total. The van der Waals surface area contributed by atoms with Gasteiger partial charge in [0.1, 0.15) is 5.60 Å². The van der Waals surface area contributed by atoms with Crippen LogP contribution in [0.2, 0.25) is 0 Å². The minimum atomic E-state index is -0.453. The van der Waals surface area contributed by atoms with Gasteiger partial charge < -0.3 is 15.2 Å². The molecule has 0 rings (SSSR count). The Balaban J connectivity index is 3.75. The highest BCUT2D eigenvalue weighted by atomic mass is 16.6. The summed E-state index contributed by atoms with van der Waals surface area (Å²) in [5, 5.41) is 11.6. The maximum Gasteiger partial charge on any atom is 0.407 e. The molecule has 0 spiro atoms. The third kappa shape index (κ3) is 8.53. The number of carbonyl (C=O) groups is 1. The minimum absolute atomic E-state index is 0.191. The second-order valence-corrected chi connectivity index (χ2v) is 5.51. The average molecular weight is 231 g/mol. The standard InChI is InChI=1S/C12H25NO3/c1-9(6-10(2)8-14)7-13-11(15)16-12(3,4)5/h9-10,14H,6-8H2,1-5H3,(H,13,15)/t9-,10?/m0/s1. The Kier molecular flexibility index (Phi) is 6.41. The topological polar surface area (TPSA) is 58.6 Å². The van der Waals surface area contributed by atoms with E-state index in [9.17, 15) is 4.79 Å². The molecule has 0 saturated carbocycles. The van der Waals surface area contributed by atoms with Crippen LogP contribution >= 0.6 is 0 Å². The second kappa shape index (κ2) is 6.74. The van der Waals surface area contributed by atoms with Crippen molar-refractivity contribution in [3.8, 4) is 0 Å². The molecule has 0 bridgehead atoms. The van der Waals surface area contributed by atoms with Crippen LogP contribution in [0.3, 0.4) is 0 Å². The fraction of sp³-hybridized carbons (Fsp3) is 0.917. The van der Waals surface area contributed by atoms with E-state index < -0.39 is 5.60 Å². The van der Waals surface area contributed by atoms with E-state index in [4.69, 9.17) is 9.84 Å². The van der Waals surface area contributed by atoms with Crippen molar-refractivity contribution in [1.82, 2.24) is 5.32 Å². The molecule has 16 heavy (non-hydrogen) atoms. The van der Waals surface area contributed by atoms with Gasteiger partial charge in [-0.15, -0.1) is 0 Å². The van der Waals surface area contributed by atoms with Gasteiger partial charge in [-0.2, -0.15) is 0 Å². The molecule has 0 aliphatic heterocycles. The molecule has 0 aromatic rings. The Bertz CT molecular complexity index is 211. The molecular formula is C12H25NO3. The van der Waals surface area contributed by atoms with Gasteiger partial charge in [0.25, 0.3) is 0 Å². The predicted octanol–water partition coefficient (Wildman–Crippen LogP) is 2.17. The number of amides is 1. The van der Waals surface area contributed by atoms with Gasteiger partial charge in [0.15, 0.2) is 0 Å². The van der Waals surface area contributed by atoms with Crippen molar-refractivity contribution in [3.05, 3.63) is 0 Å². The normalized spacial score (nSPS) is 15.4. The van der Waals surface area contributed by atoms with Crippen LogP contribution in [0.1, 0.15) is 41.0 Å². The zero-order chi connectivity index (χ0) is 12.8. The van der Waals surface area contributed by atoms with E-state index in [1.54, 1.807) is 0 Å². The van der Waals surface area contributed by atoms with E-state index >= 15 is 0 Å². The Morgan fingerprint density at radius 2 is 1.88 bits per heavy atom. The Labute approximate surface area is 98.4 Å². The van der Waals surface area contributed by atoms with Crippen LogP contribution in [-0.2, 0) is 4.74 Å². The Hall–Kier alpha value is -0.770. The number of carbonyl (C=O) groups excluding carboxylic acids is 1. The second-order valence-electron chi connectivity index (χ2n) is 5.51. The quantitative estimate of drug-likeness (QED) is 0.762. The van der Waals surface area contributed by atoms with Crippen molar-refractivity contribution in [2.45, 2.75) is 46.6 Å². The van der Waals surface area contributed by atoms with Crippen LogP contribution < -0.4 is 5.32 Å². The number of rotatable bonds is 5. The summed E-state index contributed by atoms with van der Waals surface area (Å²) in [6, 6.07) is 0. The molecule has 0 saturated heterocycles. The van der Waals surface area contributed by atoms with Crippen LogP contribution in [0, 0.1) is 11.8 Å². The first-order valence-corrected chi connectivity index (χ1v) is 5.82. The van der Waals surface area contributed by atoms with Crippen molar-refractivity contribution >= 4 is 6.09 Å². The van der Waals surface area contributed by atoms with E-state index in [1.165, 1.54) is 0 Å². The van der Waals surface area contributed by atoms with Gasteiger partial charge in [0.05, 0.1) is 0 Å². The number of hydrogen-bond donors (Lipinski definition) is 2. The summed E-state index contributed by atoms with van der Waals surface area (Å²) >= 11 is 0. The van der Waals surface area contributed by atoms with E-state index in [0.29, 0.717) is 12.5 Å². The van der Waals surface area contributed by atoms with Gasteiger partial charge in [0, 0.05) is 13.2 Å². The molecule has 0 fully saturated rings. The summed E-state index contributed by atoms with van der Waals surface area (Å²) in [6.45, 7) is 10.3. The maximum absolute atomic E-state index is 11.3. The summed E-state index contributed by atoms with van der Waals surface area (Å²) < 4.78 is 5.12. The Morgan fingerprint density at radius 1 is 1.31 bits per heavy atom. The number of hydrogen-bond acceptors (Lipinski definition) is 3.